The molecule has 0 unspecified atom stereocenters. The number of anilines is 1. The quantitative estimate of drug-likeness (QED) is 0.899. The van der Waals surface area contributed by atoms with E-state index in [-0.39, 0.29) is 5.60 Å². The number of hydrogen-bond acceptors (Lipinski definition) is 4. The molecule has 0 saturated heterocycles. The molecule has 0 spiro atoms. The molecule has 1 heterocycles. The zero-order valence-electron chi connectivity index (χ0n) is 13.2. The van der Waals surface area contributed by atoms with Crippen molar-refractivity contribution in [2.75, 3.05) is 5.73 Å². The summed E-state index contributed by atoms with van der Waals surface area (Å²) in [5.74, 6) is 0.498. The Bertz CT molecular complexity index is 648. The molecule has 4 heteroatoms. The molecule has 1 aromatic heterocycles. The molecule has 1 aromatic carbocycles. The van der Waals surface area contributed by atoms with Gasteiger partial charge in [-0.05, 0) is 63.9 Å². The predicted octanol–water partition coefficient (Wildman–Crippen LogP) is 4.61. The molecule has 0 atom stereocenters. The fourth-order valence-electron chi connectivity index (χ4n) is 1.79. The monoisotopic (exact) mass is 302 g/mol. The molecular weight excluding hydrogens is 280 g/mol. The Labute approximate surface area is 130 Å². The van der Waals surface area contributed by atoms with E-state index in [1.165, 1.54) is 16.0 Å². The summed E-state index contributed by atoms with van der Waals surface area (Å²) in [5, 5.41) is 0.886. The van der Waals surface area contributed by atoms with Crippen molar-refractivity contribution in [3.05, 3.63) is 41.5 Å². The zero-order valence-corrected chi connectivity index (χ0v) is 14.0. The number of ether oxygens (including phenoxy) is 1. The minimum absolute atomic E-state index is 0.316. The highest BCUT2D eigenvalue weighted by atomic mass is 32.2. The van der Waals surface area contributed by atoms with Crippen molar-refractivity contribution in [3.8, 4) is 5.88 Å². The van der Waals surface area contributed by atoms with Crippen molar-refractivity contribution in [2.24, 2.45) is 0 Å². The van der Waals surface area contributed by atoms with Crippen molar-refractivity contribution in [3.63, 3.8) is 0 Å². The third-order valence-electron chi connectivity index (χ3n) is 2.83. The first kappa shape index (κ1) is 15.7. The van der Waals surface area contributed by atoms with Crippen LogP contribution in [0.25, 0.3) is 0 Å². The van der Waals surface area contributed by atoms with E-state index in [9.17, 15) is 0 Å². The Kier molecular flexibility index (Phi) is 4.47. The van der Waals surface area contributed by atoms with Gasteiger partial charge in [-0.3, -0.25) is 0 Å². The number of pyridine rings is 1. The van der Waals surface area contributed by atoms with Gasteiger partial charge in [0, 0.05) is 4.90 Å². The Morgan fingerprint density at radius 2 is 1.81 bits per heavy atom. The number of nitrogens with zero attached hydrogens (tertiary/aromatic N) is 1. The Balaban J connectivity index is 2.29. The summed E-state index contributed by atoms with van der Waals surface area (Å²) in [6, 6.07) is 10.2. The number of aromatic nitrogens is 1. The molecule has 3 nitrogen and oxygen atoms in total. The first-order chi connectivity index (χ1) is 9.74. The highest BCUT2D eigenvalue weighted by molar-refractivity contribution is 7.99. The molecule has 0 aliphatic rings. The highest BCUT2D eigenvalue weighted by Gasteiger charge is 2.16. The number of nitrogens with two attached hydrogens (primary N) is 1. The normalized spacial score (nSPS) is 11.5. The summed E-state index contributed by atoms with van der Waals surface area (Å²) in [6.07, 6.45) is 0. The fourth-order valence-corrected chi connectivity index (χ4v) is 2.76. The van der Waals surface area contributed by atoms with E-state index in [1.807, 2.05) is 32.9 Å². The average Bonchev–Trinajstić information content (AvgIpc) is 2.36. The molecule has 0 fully saturated rings. The van der Waals surface area contributed by atoms with Crippen molar-refractivity contribution >= 4 is 17.4 Å². The number of benzene rings is 1. The molecule has 0 aliphatic carbocycles. The smallest absolute Gasteiger partial charge is 0.238 e. The van der Waals surface area contributed by atoms with Crippen molar-refractivity contribution in [2.45, 2.75) is 50.1 Å². The molecule has 112 valence electrons. The van der Waals surface area contributed by atoms with E-state index < -0.39 is 0 Å². The lowest BCUT2D eigenvalue weighted by atomic mass is 10.2. The van der Waals surface area contributed by atoms with Crippen molar-refractivity contribution < 1.29 is 4.74 Å². The maximum absolute atomic E-state index is 5.95. The minimum atomic E-state index is -0.316. The van der Waals surface area contributed by atoms with Gasteiger partial charge in [0.2, 0.25) is 5.88 Å². The number of rotatable bonds is 3. The molecule has 2 N–H and O–H groups in total. The third kappa shape index (κ3) is 4.39. The lowest BCUT2D eigenvalue weighted by molar-refractivity contribution is 0.124. The van der Waals surface area contributed by atoms with Gasteiger partial charge in [0.15, 0.2) is 0 Å². The van der Waals surface area contributed by atoms with E-state index in [0.717, 1.165) is 5.03 Å². The van der Waals surface area contributed by atoms with E-state index in [0.29, 0.717) is 11.6 Å². The molecule has 21 heavy (non-hydrogen) atoms. The summed E-state index contributed by atoms with van der Waals surface area (Å²) < 4.78 is 5.82. The fraction of sp³-hybridized carbons (Fsp3) is 0.353. The number of nitrogen functional groups attached to an aromatic ring is 1. The molecular formula is C17H22N2OS. The van der Waals surface area contributed by atoms with E-state index in [2.05, 4.69) is 37.0 Å². The van der Waals surface area contributed by atoms with Crippen LogP contribution in [0.4, 0.5) is 5.69 Å². The van der Waals surface area contributed by atoms with E-state index >= 15 is 0 Å². The van der Waals surface area contributed by atoms with Gasteiger partial charge >= 0.3 is 0 Å². The molecule has 0 amide bonds. The van der Waals surface area contributed by atoms with Crippen LogP contribution in [0.5, 0.6) is 5.88 Å². The molecule has 0 bridgehead atoms. The number of aryl methyl sites for hydroxylation is 2. The average molecular weight is 302 g/mol. The molecule has 0 radical (unpaired) electrons. The summed E-state index contributed by atoms with van der Waals surface area (Å²) in [4.78, 5) is 5.74. The van der Waals surface area contributed by atoms with Crippen LogP contribution >= 0.6 is 11.8 Å². The van der Waals surface area contributed by atoms with Crippen LogP contribution in [-0.2, 0) is 0 Å². The van der Waals surface area contributed by atoms with Gasteiger partial charge in [-0.1, -0.05) is 23.9 Å². The summed E-state index contributed by atoms with van der Waals surface area (Å²) in [7, 11) is 0. The van der Waals surface area contributed by atoms with Crippen molar-refractivity contribution in [1.82, 2.24) is 4.98 Å². The van der Waals surface area contributed by atoms with E-state index in [1.54, 1.807) is 11.8 Å². The summed E-state index contributed by atoms with van der Waals surface area (Å²) in [5.41, 5.74) is 8.68. The van der Waals surface area contributed by atoms with Crippen LogP contribution < -0.4 is 10.5 Å². The van der Waals surface area contributed by atoms with Crippen LogP contribution in [0.2, 0.25) is 0 Å². The second-order valence-corrected chi connectivity index (χ2v) is 7.19. The minimum Gasteiger partial charge on any atom is -0.470 e. The largest absolute Gasteiger partial charge is 0.470 e. The second kappa shape index (κ2) is 5.98. The summed E-state index contributed by atoms with van der Waals surface area (Å²) >= 11 is 1.63. The standard InChI is InChI=1S/C17H22N2OS/c1-11-6-7-12(2)14(10-11)21-15-9-8-13(18)16(19-15)20-17(3,4)5/h6-10H,18H2,1-5H3. The van der Waals surface area contributed by atoms with Crippen LogP contribution in [0.15, 0.2) is 40.3 Å². The molecule has 2 aromatic rings. The maximum Gasteiger partial charge on any atom is 0.238 e. The maximum atomic E-state index is 5.95. The van der Waals surface area contributed by atoms with Gasteiger partial charge < -0.3 is 10.5 Å². The van der Waals surface area contributed by atoms with Crippen LogP contribution in [0, 0.1) is 13.8 Å². The SMILES string of the molecule is Cc1ccc(C)c(Sc2ccc(N)c(OC(C)(C)C)n2)c1. The number of hydrogen-bond donors (Lipinski definition) is 1. The van der Waals surface area contributed by atoms with Gasteiger partial charge in [0.1, 0.15) is 10.6 Å². The summed E-state index contributed by atoms with van der Waals surface area (Å²) in [6.45, 7) is 10.1. The third-order valence-corrected chi connectivity index (χ3v) is 3.92. The van der Waals surface area contributed by atoms with Crippen LogP contribution in [-0.4, -0.2) is 10.6 Å². The topological polar surface area (TPSA) is 48.1 Å². The molecule has 0 saturated carbocycles. The molecule has 0 aliphatic heterocycles. The first-order valence-corrected chi connectivity index (χ1v) is 7.77. The van der Waals surface area contributed by atoms with Gasteiger partial charge in [-0.25, -0.2) is 4.98 Å². The Morgan fingerprint density at radius 1 is 1.10 bits per heavy atom. The van der Waals surface area contributed by atoms with Crippen LogP contribution in [0.1, 0.15) is 31.9 Å². The van der Waals surface area contributed by atoms with Gasteiger partial charge in [0.25, 0.3) is 0 Å². The van der Waals surface area contributed by atoms with Gasteiger partial charge in [0.05, 0.1) is 5.69 Å². The highest BCUT2D eigenvalue weighted by Crippen LogP contribution is 2.33. The lowest BCUT2D eigenvalue weighted by Gasteiger charge is -2.21. The van der Waals surface area contributed by atoms with Gasteiger partial charge in [-0.15, -0.1) is 0 Å². The predicted molar refractivity (Wildman–Crippen MR) is 89.1 cm³/mol. The van der Waals surface area contributed by atoms with Crippen LogP contribution in [0.3, 0.4) is 0 Å². The Morgan fingerprint density at radius 3 is 2.48 bits per heavy atom. The zero-order chi connectivity index (χ0) is 15.6. The first-order valence-electron chi connectivity index (χ1n) is 6.95. The van der Waals surface area contributed by atoms with Crippen molar-refractivity contribution in [1.29, 1.82) is 0 Å². The second-order valence-electron chi connectivity index (χ2n) is 6.13. The van der Waals surface area contributed by atoms with E-state index in [4.69, 9.17) is 10.5 Å². The van der Waals surface area contributed by atoms with Gasteiger partial charge in [-0.2, -0.15) is 0 Å². The Hall–Kier alpha value is -1.68. The molecule has 2 rings (SSSR count). The lowest BCUT2D eigenvalue weighted by Crippen LogP contribution is -2.24.